The summed E-state index contributed by atoms with van der Waals surface area (Å²) < 4.78 is 0. The third-order valence-corrected chi connectivity index (χ3v) is 3.73. The van der Waals surface area contributed by atoms with Gasteiger partial charge in [-0.25, -0.2) is 0 Å². The molecule has 1 rings (SSSR count). The molecule has 1 aliphatic rings. The fourth-order valence-corrected chi connectivity index (χ4v) is 2.53. The molecule has 3 heteroatoms. The summed E-state index contributed by atoms with van der Waals surface area (Å²) in [6.45, 7) is 10.3. The van der Waals surface area contributed by atoms with Crippen molar-refractivity contribution in [2.45, 2.75) is 58.9 Å². The second kappa shape index (κ2) is 5.17. The molecule has 0 saturated carbocycles. The molecule has 1 atom stereocenters. The van der Waals surface area contributed by atoms with E-state index in [-0.39, 0.29) is 16.9 Å². The zero-order valence-corrected chi connectivity index (χ0v) is 11.2. The number of hydrogen-bond donors (Lipinski definition) is 2. The Hall–Kier alpha value is -0.570. The van der Waals surface area contributed by atoms with Crippen LogP contribution in [0.4, 0.5) is 0 Å². The molecule has 0 radical (unpaired) electrons. The minimum atomic E-state index is -0.162. The minimum absolute atomic E-state index is 0.0728. The van der Waals surface area contributed by atoms with Crippen LogP contribution in [0.15, 0.2) is 0 Å². The van der Waals surface area contributed by atoms with Gasteiger partial charge in [-0.1, -0.05) is 20.3 Å². The number of rotatable bonds is 5. The highest BCUT2D eigenvalue weighted by atomic mass is 16.2. The second-order valence-corrected chi connectivity index (χ2v) is 5.65. The van der Waals surface area contributed by atoms with Crippen molar-refractivity contribution in [3.05, 3.63) is 0 Å². The van der Waals surface area contributed by atoms with E-state index in [0.717, 1.165) is 38.8 Å². The van der Waals surface area contributed by atoms with E-state index in [9.17, 15) is 4.79 Å². The van der Waals surface area contributed by atoms with E-state index in [1.807, 2.05) is 0 Å². The number of amides is 1. The Morgan fingerprint density at radius 3 is 2.56 bits per heavy atom. The van der Waals surface area contributed by atoms with Gasteiger partial charge in [-0.2, -0.15) is 0 Å². The Labute approximate surface area is 99.4 Å². The molecule has 0 aromatic rings. The summed E-state index contributed by atoms with van der Waals surface area (Å²) in [7, 11) is 0. The molecule has 1 aliphatic heterocycles. The van der Waals surface area contributed by atoms with Gasteiger partial charge in [-0.15, -0.1) is 0 Å². The Balaban J connectivity index is 2.63. The van der Waals surface area contributed by atoms with Crippen LogP contribution in [0.25, 0.3) is 0 Å². The van der Waals surface area contributed by atoms with Crippen molar-refractivity contribution in [3.63, 3.8) is 0 Å². The Morgan fingerprint density at radius 2 is 2.12 bits per heavy atom. The van der Waals surface area contributed by atoms with Crippen molar-refractivity contribution in [2.24, 2.45) is 5.41 Å². The van der Waals surface area contributed by atoms with Gasteiger partial charge in [0.1, 0.15) is 0 Å². The van der Waals surface area contributed by atoms with E-state index in [0.29, 0.717) is 0 Å². The first-order valence-corrected chi connectivity index (χ1v) is 6.49. The fourth-order valence-electron chi connectivity index (χ4n) is 2.53. The lowest BCUT2D eigenvalue weighted by Gasteiger charge is -2.33. The summed E-state index contributed by atoms with van der Waals surface area (Å²) in [5.41, 5.74) is -0.235. The van der Waals surface area contributed by atoms with Gasteiger partial charge in [0.15, 0.2) is 0 Å². The van der Waals surface area contributed by atoms with Gasteiger partial charge in [0, 0.05) is 12.1 Å². The highest BCUT2D eigenvalue weighted by Gasteiger charge is 2.40. The zero-order valence-electron chi connectivity index (χ0n) is 11.2. The van der Waals surface area contributed by atoms with E-state index in [1.165, 1.54) is 0 Å². The molecule has 0 spiro atoms. The molecule has 3 nitrogen and oxygen atoms in total. The van der Waals surface area contributed by atoms with Gasteiger partial charge < -0.3 is 10.6 Å². The van der Waals surface area contributed by atoms with E-state index < -0.39 is 0 Å². The van der Waals surface area contributed by atoms with E-state index in [4.69, 9.17) is 0 Å². The summed E-state index contributed by atoms with van der Waals surface area (Å²) in [5.74, 6) is 0.235. The summed E-state index contributed by atoms with van der Waals surface area (Å²) in [6.07, 6.45) is 4.03. The van der Waals surface area contributed by atoms with Crippen LogP contribution < -0.4 is 10.6 Å². The van der Waals surface area contributed by atoms with Crippen LogP contribution in [-0.2, 0) is 4.79 Å². The molecular formula is C13H26N2O. The van der Waals surface area contributed by atoms with E-state index >= 15 is 0 Å². The summed E-state index contributed by atoms with van der Waals surface area (Å²) >= 11 is 0. The number of carbonyl (C=O) groups excluding carboxylic acids is 1. The molecule has 94 valence electrons. The maximum atomic E-state index is 12.3. The lowest BCUT2D eigenvalue weighted by molar-refractivity contribution is -0.132. The molecule has 1 fully saturated rings. The van der Waals surface area contributed by atoms with Crippen molar-refractivity contribution >= 4 is 5.91 Å². The Kier molecular flexibility index (Phi) is 4.36. The smallest absolute Gasteiger partial charge is 0.227 e. The first kappa shape index (κ1) is 13.5. The third kappa shape index (κ3) is 2.97. The highest BCUT2D eigenvalue weighted by Crippen LogP contribution is 2.30. The fraction of sp³-hybridized carbons (Fsp3) is 0.923. The van der Waals surface area contributed by atoms with Crippen LogP contribution in [0.1, 0.15) is 53.4 Å². The van der Waals surface area contributed by atoms with Crippen LogP contribution in [-0.4, -0.2) is 24.5 Å². The zero-order chi connectivity index (χ0) is 12.2. The summed E-state index contributed by atoms with van der Waals surface area (Å²) in [6, 6.07) is 0. The van der Waals surface area contributed by atoms with Crippen molar-refractivity contribution in [3.8, 4) is 0 Å². The molecule has 0 aromatic carbocycles. The molecule has 16 heavy (non-hydrogen) atoms. The average molecular weight is 226 g/mol. The average Bonchev–Trinajstić information content (AvgIpc) is 2.66. The Bertz CT molecular complexity index is 242. The van der Waals surface area contributed by atoms with Crippen LogP contribution >= 0.6 is 0 Å². The topological polar surface area (TPSA) is 41.1 Å². The molecule has 1 unspecified atom stereocenters. The minimum Gasteiger partial charge on any atom is -0.351 e. The van der Waals surface area contributed by atoms with Gasteiger partial charge in [-0.05, 0) is 39.7 Å². The molecule has 0 aromatic heterocycles. The van der Waals surface area contributed by atoms with Crippen molar-refractivity contribution in [1.82, 2.24) is 10.6 Å². The molecule has 2 N–H and O–H groups in total. The summed E-state index contributed by atoms with van der Waals surface area (Å²) in [5, 5.41) is 6.51. The van der Waals surface area contributed by atoms with Gasteiger partial charge in [0.2, 0.25) is 5.91 Å². The predicted molar refractivity (Wildman–Crippen MR) is 67.3 cm³/mol. The first-order chi connectivity index (χ1) is 7.46. The first-order valence-electron chi connectivity index (χ1n) is 6.49. The van der Waals surface area contributed by atoms with Gasteiger partial charge in [0.05, 0.1) is 5.41 Å². The van der Waals surface area contributed by atoms with E-state index in [2.05, 4.69) is 38.3 Å². The third-order valence-electron chi connectivity index (χ3n) is 3.73. The second-order valence-electron chi connectivity index (χ2n) is 5.65. The van der Waals surface area contributed by atoms with Crippen molar-refractivity contribution in [1.29, 1.82) is 0 Å². The SMILES string of the molecule is CCCC(C)(C)NC(=O)C1(CC)CCNC1. The molecule has 1 saturated heterocycles. The molecular weight excluding hydrogens is 200 g/mol. The quantitative estimate of drug-likeness (QED) is 0.753. The molecule has 0 bridgehead atoms. The molecule has 1 amide bonds. The standard InChI is InChI=1S/C13H26N2O/c1-5-7-12(3,4)15-11(16)13(6-2)8-9-14-10-13/h14H,5-10H2,1-4H3,(H,15,16). The van der Waals surface area contributed by atoms with Crippen molar-refractivity contribution in [2.75, 3.05) is 13.1 Å². The number of nitrogens with one attached hydrogen (secondary N) is 2. The van der Waals surface area contributed by atoms with Gasteiger partial charge >= 0.3 is 0 Å². The monoisotopic (exact) mass is 226 g/mol. The largest absolute Gasteiger partial charge is 0.351 e. The van der Waals surface area contributed by atoms with Crippen LogP contribution in [0.2, 0.25) is 0 Å². The lowest BCUT2D eigenvalue weighted by atomic mass is 9.82. The number of hydrogen-bond acceptors (Lipinski definition) is 2. The Morgan fingerprint density at radius 1 is 1.44 bits per heavy atom. The van der Waals surface area contributed by atoms with Crippen molar-refractivity contribution < 1.29 is 4.79 Å². The molecule has 1 heterocycles. The maximum absolute atomic E-state index is 12.3. The lowest BCUT2D eigenvalue weighted by Crippen LogP contribution is -2.51. The normalized spacial score (nSPS) is 25.8. The van der Waals surface area contributed by atoms with Gasteiger partial charge in [-0.3, -0.25) is 4.79 Å². The molecule has 0 aliphatic carbocycles. The highest BCUT2D eigenvalue weighted by molar-refractivity contribution is 5.83. The van der Waals surface area contributed by atoms with Gasteiger partial charge in [0.25, 0.3) is 0 Å². The van der Waals surface area contributed by atoms with E-state index in [1.54, 1.807) is 0 Å². The predicted octanol–water partition coefficient (Wildman–Crippen LogP) is 2.07. The number of carbonyl (C=O) groups is 1. The van der Waals surface area contributed by atoms with Crippen LogP contribution in [0.3, 0.4) is 0 Å². The van der Waals surface area contributed by atoms with Crippen LogP contribution in [0, 0.1) is 5.41 Å². The van der Waals surface area contributed by atoms with Crippen LogP contribution in [0.5, 0.6) is 0 Å². The maximum Gasteiger partial charge on any atom is 0.227 e. The summed E-state index contributed by atoms with van der Waals surface area (Å²) in [4.78, 5) is 12.3.